The standard InChI is InChI=1S/C15H22N2O3/c1-10-9-12(5-6-14(10)20-2)16-15(19)17-13(7-8-18)11-3-4-11/h5-6,9,11,13,18H,3-4,7-8H2,1-2H3,(H2,16,17,19)/t13-/m1/s1. The van der Waals surface area contributed by atoms with Crippen LogP contribution in [-0.4, -0.2) is 30.9 Å². The number of amides is 2. The number of aliphatic hydroxyl groups is 1. The van der Waals surface area contributed by atoms with Crippen LogP contribution in [0.3, 0.4) is 0 Å². The van der Waals surface area contributed by atoms with E-state index in [1.165, 1.54) is 0 Å². The van der Waals surface area contributed by atoms with E-state index in [4.69, 9.17) is 9.84 Å². The molecule has 1 aromatic carbocycles. The summed E-state index contributed by atoms with van der Waals surface area (Å²) < 4.78 is 5.19. The van der Waals surface area contributed by atoms with Gasteiger partial charge in [-0.1, -0.05) is 0 Å². The number of urea groups is 1. The summed E-state index contributed by atoms with van der Waals surface area (Å²) in [5, 5.41) is 14.8. The maximum absolute atomic E-state index is 12.0. The molecule has 110 valence electrons. The number of carbonyl (C=O) groups excluding carboxylic acids is 1. The third-order valence-corrected chi connectivity index (χ3v) is 3.60. The zero-order valence-electron chi connectivity index (χ0n) is 12.0. The number of aryl methyl sites for hydroxylation is 1. The number of nitrogens with one attached hydrogen (secondary N) is 2. The molecule has 1 aromatic rings. The van der Waals surface area contributed by atoms with E-state index in [0.717, 1.165) is 29.8 Å². The lowest BCUT2D eigenvalue weighted by Gasteiger charge is -2.18. The molecule has 5 nitrogen and oxygen atoms in total. The molecular formula is C15H22N2O3. The fourth-order valence-corrected chi connectivity index (χ4v) is 2.36. The first-order valence-corrected chi connectivity index (χ1v) is 6.97. The fraction of sp³-hybridized carbons (Fsp3) is 0.533. The highest BCUT2D eigenvalue weighted by Gasteiger charge is 2.31. The Morgan fingerprint density at radius 2 is 2.25 bits per heavy atom. The minimum atomic E-state index is -0.222. The Hall–Kier alpha value is -1.75. The molecule has 0 unspecified atom stereocenters. The number of aliphatic hydroxyl groups excluding tert-OH is 1. The maximum atomic E-state index is 12.0. The first kappa shape index (κ1) is 14.7. The van der Waals surface area contributed by atoms with E-state index in [1.807, 2.05) is 25.1 Å². The van der Waals surface area contributed by atoms with Crippen molar-refractivity contribution in [2.75, 3.05) is 19.0 Å². The van der Waals surface area contributed by atoms with Gasteiger partial charge in [0.15, 0.2) is 0 Å². The van der Waals surface area contributed by atoms with Gasteiger partial charge in [-0.2, -0.15) is 0 Å². The lowest BCUT2D eigenvalue weighted by Crippen LogP contribution is -2.39. The molecule has 0 bridgehead atoms. The van der Waals surface area contributed by atoms with E-state index >= 15 is 0 Å². The Labute approximate surface area is 119 Å². The molecule has 1 saturated carbocycles. The lowest BCUT2D eigenvalue weighted by atomic mass is 10.1. The van der Waals surface area contributed by atoms with E-state index in [1.54, 1.807) is 7.11 Å². The van der Waals surface area contributed by atoms with Gasteiger partial charge in [-0.05, 0) is 55.9 Å². The van der Waals surface area contributed by atoms with Gasteiger partial charge in [-0.15, -0.1) is 0 Å². The summed E-state index contributed by atoms with van der Waals surface area (Å²) in [5.41, 5.74) is 1.71. The first-order valence-electron chi connectivity index (χ1n) is 6.97. The van der Waals surface area contributed by atoms with Gasteiger partial charge >= 0.3 is 6.03 Å². The highest BCUT2D eigenvalue weighted by atomic mass is 16.5. The Balaban J connectivity index is 1.91. The van der Waals surface area contributed by atoms with Crippen LogP contribution in [0.4, 0.5) is 10.5 Å². The molecule has 0 saturated heterocycles. The summed E-state index contributed by atoms with van der Waals surface area (Å²) in [6, 6.07) is 5.36. The zero-order valence-corrected chi connectivity index (χ0v) is 12.0. The number of hydrogen-bond donors (Lipinski definition) is 3. The van der Waals surface area contributed by atoms with Gasteiger partial charge in [0.25, 0.3) is 0 Å². The second-order valence-electron chi connectivity index (χ2n) is 5.24. The van der Waals surface area contributed by atoms with Gasteiger partial charge in [0.1, 0.15) is 5.75 Å². The molecule has 1 atom stereocenters. The zero-order chi connectivity index (χ0) is 14.5. The highest BCUT2D eigenvalue weighted by Crippen LogP contribution is 2.34. The Morgan fingerprint density at radius 1 is 1.50 bits per heavy atom. The van der Waals surface area contributed by atoms with E-state index in [2.05, 4.69) is 10.6 Å². The largest absolute Gasteiger partial charge is 0.496 e. The summed E-state index contributed by atoms with van der Waals surface area (Å²) in [6.07, 6.45) is 2.87. The molecule has 3 N–H and O–H groups in total. The van der Waals surface area contributed by atoms with E-state index in [9.17, 15) is 4.79 Å². The van der Waals surface area contributed by atoms with Crippen LogP contribution in [0.15, 0.2) is 18.2 Å². The molecule has 2 amide bonds. The van der Waals surface area contributed by atoms with Crippen molar-refractivity contribution in [3.8, 4) is 5.75 Å². The molecule has 0 aromatic heterocycles. The van der Waals surface area contributed by atoms with Gasteiger partial charge < -0.3 is 20.5 Å². The number of methoxy groups -OCH3 is 1. The monoisotopic (exact) mass is 278 g/mol. The fourth-order valence-electron chi connectivity index (χ4n) is 2.36. The van der Waals surface area contributed by atoms with Crippen molar-refractivity contribution < 1.29 is 14.6 Å². The summed E-state index contributed by atoms with van der Waals surface area (Å²) in [7, 11) is 1.62. The van der Waals surface area contributed by atoms with Crippen molar-refractivity contribution in [2.45, 2.75) is 32.2 Å². The quantitative estimate of drug-likeness (QED) is 0.747. The van der Waals surface area contributed by atoms with E-state index < -0.39 is 0 Å². The topological polar surface area (TPSA) is 70.6 Å². The number of hydrogen-bond acceptors (Lipinski definition) is 3. The summed E-state index contributed by atoms with van der Waals surface area (Å²) in [5.74, 6) is 1.32. The number of rotatable bonds is 6. The molecule has 1 aliphatic rings. The average Bonchev–Trinajstić information content (AvgIpc) is 3.22. The molecule has 0 radical (unpaired) electrons. The van der Waals surface area contributed by atoms with Crippen LogP contribution in [0, 0.1) is 12.8 Å². The number of carbonyl (C=O) groups is 1. The summed E-state index contributed by atoms with van der Waals surface area (Å²) in [4.78, 5) is 12.0. The lowest BCUT2D eigenvalue weighted by molar-refractivity contribution is 0.234. The van der Waals surface area contributed by atoms with Crippen molar-refractivity contribution in [3.05, 3.63) is 23.8 Å². The van der Waals surface area contributed by atoms with Gasteiger partial charge in [0.2, 0.25) is 0 Å². The van der Waals surface area contributed by atoms with Gasteiger partial charge in [-0.25, -0.2) is 4.79 Å². The Kier molecular flexibility index (Phi) is 4.84. The van der Waals surface area contributed by atoms with Crippen molar-refractivity contribution in [2.24, 2.45) is 5.92 Å². The van der Waals surface area contributed by atoms with Crippen molar-refractivity contribution in [3.63, 3.8) is 0 Å². The molecule has 2 rings (SSSR count). The minimum Gasteiger partial charge on any atom is -0.496 e. The smallest absolute Gasteiger partial charge is 0.319 e. The number of benzene rings is 1. The van der Waals surface area contributed by atoms with Crippen LogP contribution >= 0.6 is 0 Å². The Morgan fingerprint density at radius 3 is 2.80 bits per heavy atom. The van der Waals surface area contributed by atoms with Crippen LogP contribution in [0.2, 0.25) is 0 Å². The van der Waals surface area contributed by atoms with Crippen LogP contribution < -0.4 is 15.4 Å². The van der Waals surface area contributed by atoms with Crippen LogP contribution in [-0.2, 0) is 0 Å². The molecule has 0 heterocycles. The summed E-state index contributed by atoms with van der Waals surface area (Å²) >= 11 is 0. The molecule has 20 heavy (non-hydrogen) atoms. The second-order valence-corrected chi connectivity index (χ2v) is 5.24. The van der Waals surface area contributed by atoms with E-state index in [-0.39, 0.29) is 18.7 Å². The average molecular weight is 278 g/mol. The number of ether oxygens (including phenoxy) is 1. The molecule has 0 aliphatic heterocycles. The van der Waals surface area contributed by atoms with Gasteiger partial charge in [0.05, 0.1) is 7.11 Å². The first-order chi connectivity index (χ1) is 9.63. The second kappa shape index (κ2) is 6.61. The van der Waals surface area contributed by atoms with Gasteiger partial charge in [-0.3, -0.25) is 0 Å². The van der Waals surface area contributed by atoms with Crippen molar-refractivity contribution in [1.29, 1.82) is 0 Å². The van der Waals surface area contributed by atoms with Crippen LogP contribution in [0.25, 0.3) is 0 Å². The number of anilines is 1. The molecule has 1 fully saturated rings. The third-order valence-electron chi connectivity index (χ3n) is 3.60. The predicted octanol–water partition coefficient (Wildman–Crippen LogP) is 2.29. The molecule has 0 spiro atoms. The molecule has 1 aliphatic carbocycles. The maximum Gasteiger partial charge on any atom is 0.319 e. The Bertz CT molecular complexity index is 472. The molecule has 5 heteroatoms. The van der Waals surface area contributed by atoms with Crippen LogP contribution in [0.1, 0.15) is 24.8 Å². The van der Waals surface area contributed by atoms with Crippen molar-refractivity contribution in [1.82, 2.24) is 5.32 Å². The van der Waals surface area contributed by atoms with E-state index in [0.29, 0.717) is 12.3 Å². The molecular weight excluding hydrogens is 256 g/mol. The summed E-state index contributed by atoms with van der Waals surface area (Å²) in [6.45, 7) is 2.03. The third kappa shape index (κ3) is 3.87. The van der Waals surface area contributed by atoms with Gasteiger partial charge in [0, 0.05) is 18.3 Å². The normalized spacial score (nSPS) is 15.6. The van der Waals surface area contributed by atoms with Crippen LogP contribution in [0.5, 0.6) is 5.75 Å². The highest BCUT2D eigenvalue weighted by molar-refractivity contribution is 5.89. The minimum absolute atomic E-state index is 0.0688. The SMILES string of the molecule is COc1ccc(NC(=O)N[C@H](CCO)C2CC2)cc1C. The predicted molar refractivity (Wildman–Crippen MR) is 78.1 cm³/mol. The van der Waals surface area contributed by atoms with Crippen molar-refractivity contribution >= 4 is 11.7 Å².